The molecule has 0 N–H and O–H groups in total. The number of ether oxygens (including phenoxy) is 1. The van der Waals surface area contributed by atoms with Crippen molar-refractivity contribution in [1.29, 1.82) is 0 Å². The normalized spacial score (nSPS) is 15.6. The molecule has 1 heterocycles. The van der Waals surface area contributed by atoms with Gasteiger partial charge in [-0.05, 0) is 48.9 Å². The van der Waals surface area contributed by atoms with Crippen LogP contribution in [-0.2, 0) is 6.54 Å². The van der Waals surface area contributed by atoms with Gasteiger partial charge in [-0.2, -0.15) is 5.10 Å². The second kappa shape index (κ2) is 6.99. The van der Waals surface area contributed by atoms with Crippen LogP contribution in [0.2, 0.25) is 0 Å². The Hall–Kier alpha value is -2.10. The molecular formula is C19H24N2O2. The van der Waals surface area contributed by atoms with Crippen molar-refractivity contribution in [2.75, 3.05) is 7.11 Å². The number of aldehydes is 1. The molecule has 1 aromatic carbocycles. The zero-order valence-corrected chi connectivity index (χ0v) is 13.9. The van der Waals surface area contributed by atoms with Crippen molar-refractivity contribution < 1.29 is 9.53 Å². The maximum Gasteiger partial charge on any atom is 0.153 e. The van der Waals surface area contributed by atoms with Crippen LogP contribution in [0, 0.1) is 12.8 Å². The fourth-order valence-corrected chi connectivity index (χ4v) is 3.58. The van der Waals surface area contributed by atoms with Crippen LogP contribution in [-0.4, -0.2) is 23.2 Å². The third-order valence-corrected chi connectivity index (χ3v) is 4.77. The third-order valence-electron chi connectivity index (χ3n) is 4.77. The van der Waals surface area contributed by atoms with Crippen molar-refractivity contribution in [1.82, 2.24) is 9.78 Å². The van der Waals surface area contributed by atoms with Crippen LogP contribution in [0.25, 0.3) is 11.1 Å². The minimum absolute atomic E-state index is 0.586. The first-order valence-corrected chi connectivity index (χ1v) is 8.38. The second-order valence-corrected chi connectivity index (χ2v) is 6.49. The number of nitrogens with zero attached hydrogens (tertiary/aromatic N) is 2. The molecule has 4 heteroatoms. The van der Waals surface area contributed by atoms with E-state index in [0.717, 1.165) is 35.4 Å². The number of carbonyl (C=O) groups excluding carboxylic acids is 1. The van der Waals surface area contributed by atoms with Gasteiger partial charge in [0.25, 0.3) is 0 Å². The van der Waals surface area contributed by atoms with Gasteiger partial charge in [0.1, 0.15) is 5.75 Å². The Morgan fingerprint density at radius 3 is 2.74 bits per heavy atom. The number of benzene rings is 1. The van der Waals surface area contributed by atoms with E-state index < -0.39 is 0 Å². The average Bonchev–Trinajstić information content (AvgIpc) is 3.03. The van der Waals surface area contributed by atoms with Crippen LogP contribution in [0.15, 0.2) is 24.5 Å². The number of aromatic nitrogens is 2. The summed E-state index contributed by atoms with van der Waals surface area (Å²) in [6, 6.07) is 3.93. The van der Waals surface area contributed by atoms with Crippen LogP contribution < -0.4 is 4.74 Å². The first-order chi connectivity index (χ1) is 11.2. The van der Waals surface area contributed by atoms with Crippen molar-refractivity contribution in [3.05, 3.63) is 35.7 Å². The van der Waals surface area contributed by atoms with Crippen LogP contribution >= 0.6 is 0 Å². The molecule has 23 heavy (non-hydrogen) atoms. The maximum atomic E-state index is 11.3. The van der Waals surface area contributed by atoms with Gasteiger partial charge in [-0.3, -0.25) is 9.48 Å². The lowest BCUT2D eigenvalue weighted by Crippen LogP contribution is -2.14. The molecule has 0 atom stereocenters. The molecule has 4 nitrogen and oxygen atoms in total. The predicted octanol–water partition coefficient (Wildman–Crippen LogP) is 4.26. The fraction of sp³-hybridized carbons (Fsp3) is 0.474. The Bertz CT molecular complexity index is 685. The molecule has 2 aromatic rings. The van der Waals surface area contributed by atoms with Gasteiger partial charge in [-0.1, -0.05) is 19.3 Å². The first-order valence-electron chi connectivity index (χ1n) is 8.38. The summed E-state index contributed by atoms with van der Waals surface area (Å²) in [5.41, 5.74) is 3.62. The highest BCUT2D eigenvalue weighted by Crippen LogP contribution is 2.30. The minimum atomic E-state index is 0.586. The van der Waals surface area contributed by atoms with Crippen molar-refractivity contribution >= 4 is 6.29 Å². The van der Waals surface area contributed by atoms with Gasteiger partial charge in [-0.25, -0.2) is 0 Å². The molecule has 0 spiro atoms. The van der Waals surface area contributed by atoms with Crippen molar-refractivity contribution in [2.24, 2.45) is 5.92 Å². The standard InChI is InChI=1S/C19H24N2O2/c1-14-8-16(9-17(13-22)19(14)23-2)18-10-20-21(12-18)11-15-6-4-3-5-7-15/h8-10,12-13,15H,3-7,11H2,1-2H3. The Morgan fingerprint density at radius 2 is 2.04 bits per heavy atom. The second-order valence-electron chi connectivity index (χ2n) is 6.49. The van der Waals surface area contributed by atoms with Gasteiger partial charge in [0.05, 0.1) is 18.9 Å². The molecule has 0 saturated heterocycles. The van der Waals surface area contributed by atoms with E-state index in [0.29, 0.717) is 11.3 Å². The maximum absolute atomic E-state index is 11.3. The Morgan fingerprint density at radius 1 is 1.26 bits per heavy atom. The molecular weight excluding hydrogens is 288 g/mol. The van der Waals surface area contributed by atoms with Gasteiger partial charge in [0, 0.05) is 18.3 Å². The monoisotopic (exact) mass is 312 g/mol. The zero-order chi connectivity index (χ0) is 16.2. The number of hydrogen-bond acceptors (Lipinski definition) is 3. The van der Waals surface area contributed by atoms with Gasteiger partial charge in [0.2, 0.25) is 0 Å². The van der Waals surface area contributed by atoms with Crippen LogP contribution in [0.1, 0.15) is 48.0 Å². The van der Waals surface area contributed by atoms with E-state index in [9.17, 15) is 4.79 Å². The number of rotatable bonds is 5. The Labute approximate surface area is 137 Å². The van der Waals surface area contributed by atoms with Gasteiger partial charge < -0.3 is 4.74 Å². The van der Waals surface area contributed by atoms with Crippen molar-refractivity contribution in [3.8, 4) is 16.9 Å². The first kappa shape index (κ1) is 15.8. The van der Waals surface area contributed by atoms with Gasteiger partial charge in [0.15, 0.2) is 6.29 Å². The molecule has 0 radical (unpaired) electrons. The molecule has 0 bridgehead atoms. The van der Waals surface area contributed by atoms with E-state index in [1.807, 2.05) is 29.9 Å². The molecule has 3 rings (SSSR count). The molecule has 0 aliphatic heterocycles. The quantitative estimate of drug-likeness (QED) is 0.775. The summed E-state index contributed by atoms with van der Waals surface area (Å²) in [5, 5.41) is 4.51. The molecule has 1 fully saturated rings. The summed E-state index contributed by atoms with van der Waals surface area (Å²) >= 11 is 0. The van der Waals surface area contributed by atoms with E-state index in [-0.39, 0.29) is 0 Å². The molecule has 1 aromatic heterocycles. The molecule has 0 unspecified atom stereocenters. The topological polar surface area (TPSA) is 44.1 Å². The summed E-state index contributed by atoms with van der Waals surface area (Å²) in [6.07, 6.45) is 11.5. The zero-order valence-electron chi connectivity index (χ0n) is 13.9. The van der Waals surface area contributed by atoms with Gasteiger partial charge >= 0.3 is 0 Å². The minimum Gasteiger partial charge on any atom is -0.496 e. The van der Waals surface area contributed by atoms with E-state index in [1.54, 1.807) is 7.11 Å². The van der Waals surface area contributed by atoms with Gasteiger partial charge in [-0.15, -0.1) is 0 Å². The summed E-state index contributed by atoms with van der Waals surface area (Å²) in [5.74, 6) is 1.40. The van der Waals surface area contributed by atoms with Crippen LogP contribution in [0.5, 0.6) is 5.75 Å². The summed E-state index contributed by atoms with van der Waals surface area (Å²) in [6.45, 7) is 2.96. The molecule has 1 aliphatic rings. The molecule has 1 aliphatic carbocycles. The van der Waals surface area contributed by atoms with Crippen LogP contribution in [0.4, 0.5) is 0 Å². The number of hydrogen-bond donors (Lipinski definition) is 0. The fourth-order valence-electron chi connectivity index (χ4n) is 3.58. The van der Waals surface area contributed by atoms with Crippen LogP contribution in [0.3, 0.4) is 0 Å². The van der Waals surface area contributed by atoms with Crippen molar-refractivity contribution in [2.45, 2.75) is 45.6 Å². The largest absolute Gasteiger partial charge is 0.496 e. The van der Waals surface area contributed by atoms with E-state index in [2.05, 4.69) is 11.3 Å². The lowest BCUT2D eigenvalue weighted by atomic mass is 9.89. The Kier molecular flexibility index (Phi) is 4.79. The highest BCUT2D eigenvalue weighted by atomic mass is 16.5. The summed E-state index contributed by atoms with van der Waals surface area (Å²) in [4.78, 5) is 11.3. The summed E-state index contributed by atoms with van der Waals surface area (Å²) in [7, 11) is 1.59. The lowest BCUT2D eigenvalue weighted by Gasteiger charge is -2.21. The van der Waals surface area contributed by atoms with E-state index >= 15 is 0 Å². The Balaban J connectivity index is 1.82. The average molecular weight is 312 g/mol. The van der Waals surface area contributed by atoms with E-state index in [1.165, 1.54) is 32.1 Å². The number of carbonyl (C=O) groups is 1. The van der Waals surface area contributed by atoms with Crippen molar-refractivity contribution in [3.63, 3.8) is 0 Å². The number of methoxy groups -OCH3 is 1. The third kappa shape index (κ3) is 3.46. The smallest absolute Gasteiger partial charge is 0.153 e. The predicted molar refractivity (Wildman–Crippen MR) is 90.9 cm³/mol. The molecule has 122 valence electrons. The molecule has 1 saturated carbocycles. The number of aryl methyl sites for hydroxylation is 1. The molecule has 0 amide bonds. The summed E-state index contributed by atoms with van der Waals surface area (Å²) < 4.78 is 7.36. The SMILES string of the molecule is COc1c(C)cc(-c2cnn(CC3CCCCC3)c2)cc1C=O. The lowest BCUT2D eigenvalue weighted by molar-refractivity contribution is 0.112. The highest BCUT2D eigenvalue weighted by Gasteiger charge is 2.15. The van der Waals surface area contributed by atoms with E-state index in [4.69, 9.17) is 4.74 Å². The highest BCUT2D eigenvalue weighted by molar-refractivity contribution is 5.84.